The highest BCUT2D eigenvalue weighted by Crippen LogP contribution is 2.16. The maximum Gasteiger partial charge on any atom is 0.174 e. The molecule has 0 amide bonds. The topological polar surface area (TPSA) is 28.2 Å². The van der Waals surface area contributed by atoms with Crippen molar-refractivity contribution in [2.45, 2.75) is 26.9 Å². The molecule has 0 radical (unpaired) electrons. The maximum atomic E-state index is 5.72. The Kier molecular flexibility index (Phi) is 5.97. The summed E-state index contributed by atoms with van der Waals surface area (Å²) in [6, 6.07) is 22.6. The van der Waals surface area contributed by atoms with Gasteiger partial charge in [0.25, 0.3) is 0 Å². The standard InChI is InChI=1S/C22H23N3S/c1-17-11-12-20(14-18(17)2)24-22(26)25(15-19-8-4-3-5-9-19)16-21-10-6-7-13-23-21/h3-14H,15-16H2,1-2H3,(H,24,26). The molecule has 4 heteroatoms. The summed E-state index contributed by atoms with van der Waals surface area (Å²) in [6.07, 6.45) is 1.82. The minimum absolute atomic E-state index is 0.659. The largest absolute Gasteiger partial charge is 0.339 e. The Morgan fingerprint density at radius 1 is 0.923 bits per heavy atom. The van der Waals surface area contributed by atoms with Crippen LogP contribution >= 0.6 is 12.2 Å². The normalized spacial score (nSPS) is 10.4. The zero-order chi connectivity index (χ0) is 18.4. The first-order chi connectivity index (χ1) is 12.6. The fraction of sp³-hybridized carbons (Fsp3) is 0.182. The molecule has 0 aliphatic heterocycles. The molecule has 3 rings (SSSR count). The van der Waals surface area contributed by atoms with Gasteiger partial charge in [-0.1, -0.05) is 42.5 Å². The first-order valence-electron chi connectivity index (χ1n) is 8.69. The first-order valence-corrected chi connectivity index (χ1v) is 9.09. The van der Waals surface area contributed by atoms with Gasteiger partial charge in [-0.05, 0) is 67.0 Å². The molecule has 0 aliphatic carbocycles. The van der Waals surface area contributed by atoms with Crippen molar-refractivity contribution >= 4 is 23.0 Å². The highest BCUT2D eigenvalue weighted by atomic mass is 32.1. The molecule has 0 spiro atoms. The number of aryl methyl sites for hydroxylation is 2. The minimum atomic E-state index is 0.659. The van der Waals surface area contributed by atoms with E-state index in [2.05, 4.69) is 59.4 Å². The number of thiocarbonyl (C=S) groups is 1. The second-order valence-corrected chi connectivity index (χ2v) is 6.78. The van der Waals surface area contributed by atoms with Crippen LogP contribution in [0.25, 0.3) is 0 Å². The molecule has 1 aromatic heterocycles. The van der Waals surface area contributed by atoms with E-state index in [1.54, 1.807) is 0 Å². The van der Waals surface area contributed by atoms with Gasteiger partial charge >= 0.3 is 0 Å². The number of hydrogen-bond donors (Lipinski definition) is 1. The van der Waals surface area contributed by atoms with Crippen LogP contribution in [-0.2, 0) is 13.1 Å². The van der Waals surface area contributed by atoms with Crippen LogP contribution in [0.15, 0.2) is 72.9 Å². The summed E-state index contributed by atoms with van der Waals surface area (Å²) in [5, 5.41) is 4.08. The highest BCUT2D eigenvalue weighted by molar-refractivity contribution is 7.80. The van der Waals surface area contributed by atoms with Crippen LogP contribution in [0.5, 0.6) is 0 Å². The zero-order valence-corrected chi connectivity index (χ0v) is 16.0. The lowest BCUT2D eigenvalue weighted by atomic mass is 10.1. The predicted molar refractivity (Wildman–Crippen MR) is 112 cm³/mol. The van der Waals surface area contributed by atoms with E-state index in [0.717, 1.165) is 17.9 Å². The molecule has 26 heavy (non-hydrogen) atoms. The van der Waals surface area contributed by atoms with E-state index in [-0.39, 0.29) is 0 Å². The van der Waals surface area contributed by atoms with Gasteiger partial charge in [-0.25, -0.2) is 0 Å². The average Bonchev–Trinajstić information content (AvgIpc) is 2.66. The number of nitrogens with zero attached hydrogens (tertiary/aromatic N) is 2. The Morgan fingerprint density at radius 3 is 2.38 bits per heavy atom. The van der Waals surface area contributed by atoms with E-state index >= 15 is 0 Å². The first kappa shape index (κ1) is 18.1. The third kappa shape index (κ3) is 4.90. The molecule has 0 unspecified atom stereocenters. The summed E-state index contributed by atoms with van der Waals surface area (Å²) in [7, 11) is 0. The van der Waals surface area contributed by atoms with Gasteiger partial charge in [0.2, 0.25) is 0 Å². The fourth-order valence-electron chi connectivity index (χ4n) is 2.71. The van der Waals surface area contributed by atoms with Crippen LogP contribution in [0.2, 0.25) is 0 Å². The molecule has 1 heterocycles. The van der Waals surface area contributed by atoms with Crippen LogP contribution in [0.4, 0.5) is 5.69 Å². The van der Waals surface area contributed by atoms with Crippen molar-refractivity contribution in [1.29, 1.82) is 0 Å². The van der Waals surface area contributed by atoms with Gasteiger partial charge in [0, 0.05) is 18.4 Å². The Morgan fingerprint density at radius 2 is 1.69 bits per heavy atom. The molecule has 132 valence electrons. The lowest BCUT2D eigenvalue weighted by molar-refractivity contribution is 0.407. The second-order valence-electron chi connectivity index (χ2n) is 6.39. The van der Waals surface area contributed by atoms with Crippen LogP contribution in [0.1, 0.15) is 22.4 Å². The molecular formula is C22H23N3S. The van der Waals surface area contributed by atoms with Crippen molar-refractivity contribution in [3.8, 4) is 0 Å². The summed E-state index contributed by atoms with van der Waals surface area (Å²) in [4.78, 5) is 6.59. The third-order valence-electron chi connectivity index (χ3n) is 4.34. The van der Waals surface area contributed by atoms with Gasteiger partial charge < -0.3 is 10.2 Å². The van der Waals surface area contributed by atoms with Gasteiger partial charge in [-0.3, -0.25) is 4.98 Å². The molecule has 3 aromatic rings. The smallest absolute Gasteiger partial charge is 0.174 e. The van der Waals surface area contributed by atoms with E-state index in [1.807, 2.05) is 42.6 Å². The predicted octanol–water partition coefficient (Wildman–Crippen LogP) is 5.10. The SMILES string of the molecule is Cc1ccc(NC(=S)N(Cc2ccccc2)Cc2ccccn2)cc1C. The number of benzene rings is 2. The number of pyridine rings is 1. The van der Waals surface area contributed by atoms with Gasteiger partial charge in [0.05, 0.1) is 12.2 Å². The van der Waals surface area contributed by atoms with Crippen LogP contribution in [-0.4, -0.2) is 15.0 Å². The van der Waals surface area contributed by atoms with Crippen molar-refractivity contribution in [3.05, 3.63) is 95.3 Å². The number of nitrogens with one attached hydrogen (secondary N) is 1. The summed E-state index contributed by atoms with van der Waals surface area (Å²) in [5.41, 5.74) is 5.74. The average molecular weight is 362 g/mol. The van der Waals surface area contributed by atoms with E-state index < -0.39 is 0 Å². The Hall–Kier alpha value is -2.72. The van der Waals surface area contributed by atoms with Gasteiger partial charge in [-0.15, -0.1) is 0 Å². The molecule has 2 aromatic carbocycles. The second kappa shape index (κ2) is 8.59. The molecule has 0 saturated carbocycles. The molecule has 0 fully saturated rings. The van der Waals surface area contributed by atoms with Crippen molar-refractivity contribution in [2.24, 2.45) is 0 Å². The quantitative estimate of drug-likeness (QED) is 0.640. The Balaban J connectivity index is 1.78. The molecule has 0 aliphatic rings. The lowest BCUT2D eigenvalue weighted by Gasteiger charge is -2.26. The van der Waals surface area contributed by atoms with E-state index in [0.29, 0.717) is 11.7 Å². The third-order valence-corrected chi connectivity index (χ3v) is 4.70. The van der Waals surface area contributed by atoms with Gasteiger partial charge in [0.1, 0.15) is 0 Å². The van der Waals surface area contributed by atoms with Crippen LogP contribution < -0.4 is 5.32 Å². The number of rotatable bonds is 5. The van der Waals surface area contributed by atoms with E-state index in [1.165, 1.54) is 16.7 Å². The van der Waals surface area contributed by atoms with Crippen molar-refractivity contribution in [1.82, 2.24) is 9.88 Å². The van der Waals surface area contributed by atoms with Crippen LogP contribution in [0, 0.1) is 13.8 Å². The molecule has 3 nitrogen and oxygen atoms in total. The summed E-state index contributed by atoms with van der Waals surface area (Å²) < 4.78 is 0. The molecule has 1 N–H and O–H groups in total. The van der Waals surface area contributed by atoms with Crippen molar-refractivity contribution in [2.75, 3.05) is 5.32 Å². The Bertz CT molecular complexity index is 822. The van der Waals surface area contributed by atoms with Crippen LogP contribution in [0.3, 0.4) is 0 Å². The minimum Gasteiger partial charge on any atom is -0.339 e. The fourth-order valence-corrected chi connectivity index (χ4v) is 2.96. The van der Waals surface area contributed by atoms with Gasteiger partial charge in [-0.2, -0.15) is 0 Å². The lowest BCUT2D eigenvalue weighted by Crippen LogP contribution is -2.34. The molecule has 0 bridgehead atoms. The summed E-state index contributed by atoms with van der Waals surface area (Å²) in [6.45, 7) is 5.61. The van der Waals surface area contributed by atoms with Gasteiger partial charge in [0.15, 0.2) is 5.11 Å². The number of hydrogen-bond acceptors (Lipinski definition) is 2. The van der Waals surface area contributed by atoms with Crippen molar-refractivity contribution < 1.29 is 0 Å². The maximum absolute atomic E-state index is 5.72. The van der Waals surface area contributed by atoms with E-state index in [4.69, 9.17) is 12.2 Å². The monoisotopic (exact) mass is 361 g/mol. The number of anilines is 1. The summed E-state index contributed by atoms with van der Waals surface area (Å²) >= 11 is 5.72. The van der Waals surface area contributed by atoms with Crippen molar-refractivity contribution in [3.63, 3.8) is 0 Å². The molecule has 0 saturated heterocycles. The zero-order valence-electron chi connectivity index (χ0n) is 15.1. The molecular weight excluding hydrogens is 338 g/mol. The summed E-state index contributed by atoms with van der Waals surface area (Å²) in [5.74, 6) is 0. The highest BCUT2D eigenvalue weighted by Gasteiger charge is 2.12. The Labute approximate surface area is 160 Å². The molecule has 0 atom stereocenters. The van der Waals surface area contributed by atoms with E-state index in [9.17, 15) is 0 Å². The number of aromatic nitrogens is 1.